The van der Waals surface area contributed by atoms with Crippen molar-refractivity contribution in [2.75, 3.05) is 7.11 Å². The molecule has 0 saturated heterocycles. The Morgan fingerprint density at radius 3 is 2.23 bits per heavy atom. The number of methoxy groups -OCH3 is 1. The third-order valence-corrected chi connectivity index (χ3v) is 8.11. The van der Waals surface area contributed by atoms with Crippen LogP contribution in [0.15, 0.2) is 48.5 Å². The first kappa shape index (κ1) is 19.9. The summed E-state index contributed by atoms with van der Waals surface area (Å²) in [6.07, 6.45) is 8.80. The molecule has 3 nitrogen and oxygen atoms in total. The molecule has 4 fully saturated rings. The third-order valence-electron chi connectivity index (χ3n) is 8.11. The average Bonchev–Trinajstić information content (AvgIpc) is 2.76. The quantitative estimate of drug-likeness (QED) is 0.587. The number of rotatable bonds is 8. The Hall–Kier alpha value is -2.00. The van der Waals surface area contributed by atoms with Crippen molar-refractivity contribution in [3.63, 3.8) is 0 Å². The third kappa shape index (κ3) is 3.85. The second-order valence-corrected chi connectivity index (χ2v) is 10.1. The molecule has 0 heterocycles. The van der Waals surface area contributed by atoms with Gasteiger partial charge in [0.05, 0.1) is 7.11 Å². The Labute approximate surface area is 181 Å². The maximum atomic E-state index is 6.26. The highest BCUT2D eigenvalue weighted by Gasteiger charge is 2.52. The van der Waals surface area contributed by atoms with Crippen molar-refractivity contribution in [2.24, 2.45) is 23.2 Å². The van der Waals surface area contributed by atoms with E-state index in [0.717, 1.165) is 35.8 Å². The number of benzene rings is 2. The van der Waals surface area contributed by atoms with E-state index in [4.69, 9.17) is 9.47 Å². The van der Waals surface area contributed by atoms with Gasteiger partial charge in [-0.3, -0.25) is 0 Å². The van der Waals surface area contributed by atoms with Crippen LogP contribution >= 0.6 is 0 Å². The molecule has 2 aromatic carbocycles. The Bertz CT molecular complexity index is 827. The standard InChI is InChI=1S/C27H35NO2/c1-19(27-14-21-11-22(15-27)13-23(12-21)16-27)28-17-24-9-6-10-25(29-2)26(24)30-18-20-7-4-3-5-8-20/h3-10,19,21-23,28H,11-18H2,1-2H3/t19-,21?,22?,23?,27?/m1/s1. The number of para-hydroxylation sites is 1. The molecule has 4 saturated carbocycles. The molecule has 30 heavy (non-hydrogen) atoms. The van der Waals surface area contributed by atoms with Crippen LogP contribution in [0.5, 0.6) is 11.5 Å². The van der Waals surface area contributed by atoms with Gasteiger partial charge in [0.2, 0.25) is 0 Å². The molecule has 0 spiro atoms. The van der Waals surface area contributed by atoms with Gasteiger partial charge >= 0.3 is 0 Å². The lowest BCUT2D eigenvalue weighted by molar-refractivity contribution is -0.0706. The molecule has 1 N–H and O–H groups in total. The van der Waals surface area contributed by atoms with Crippen LogP contribution in [0.4, 0.5) is 0 Å². The number of hydrogen-bond acceptors (Lipinski definition) is 3. The summed E-state index contributed by atoms with van der Waals surface area (Å²) in [5, 5.41) is 3.91. The minimum atomic E-state index is 0.513. The van der Waals surface area contributed by atoms with Crippen LogP contribution in [0.1, 0.15) is 56.6 Å². The van der Waals surface area contributed by atoms with Crippen LogP contribution in [0.3, 0.4) is 0 Å². The molecule has 4 aliphatic carbocycles. The lowest BCUT2D eigenvalue weighted by Gasteiger charge is -2.59. The Kier molecular flexibility index (Phi) is 5.49. The summed E-state index contributed by atoms with van der Waals surface area (Å²) in [6, 6.07) is 17.1. The van der Waals surface area contributed by atoms with Gasteiger partial charge in [0, 0.05) is 18.2 Å². The molecule has 3 heteroatoms. The second-order valence-electron chi connectivity index (χ2n) is 10.1. The van der Waals surface area contributed by atoms with Crippen molar-refractivity contribution in [3.05, 3.63) is 59.7 Å². The normalized spacial score (nSPS) is 30.3. The number of ether oxygens (including phenoxy) is 2. The molecule has 0 amide bonds. The first-order valence-electron chi connectivity index (χ1n) is 11.7. The van der Waals surface area contributed by atoms with Crippen molar-refractivity contribution in [3.8, 4) is 11.5 Å². The highest BCUT2D eigenvalue weighted by atomic mass is 16.5. The Morgan fingerprint density at radius 2 is 1.60 bits per heavy atom. The molecule has 0 aliphatic heterocycles. The first-order valence-corrected chi connectivity index (χ1v) is 11.7. The summed E-state index contributed by atoms with van der Waals surface area (Å²) >= 11 is 0. The zero-order valence-corrected chi connectivity index (χ0v) is 18.4. The summed E-state index contributed by atoms with van der Waals surface area (Å²) < 4.78 is 11.9. The molecule has 0 aromatic heterocycles. The topological polar surface area (TPSA) is 30.5 Å². The van der Waals surface area contributed by atoms with Gasteiger partial charge < -0.3 is 14.8 Å². The van der Waals surface area contributed by atoms with Crippen LogP contribution in [-0.2, 0) is 13.2 Å². The summed E-state index contributed by atoms with van der Waals surface area (Å²) in [7, 11) is 1.72. The maximum absolute atomic E-state index is 6.26. The molecule has 0 unspecified atom stereocenters. The van der Waals surface area contributed by atoms with Gasteiger partial charge in [0.15, 0.2) is 11.5 Å². The van der Waals surface area contributed by atoms with E-state index in [1.165, 1.54) is 49.7 Å². The molecular weight excluding hydrogens is 370 g/mol. The fourth-order valence-electron chi connectivity index (χ4n) is 6.94. The first-order chi connectivity index (χ1) is 14.6. The molecule has 6 rings (SSSR count). The lowest BCUT2D eigenvalue weighted by atomic mass is 9.48. The van der Waals surface area contributed by atoms with Crippen LogP contribution in [0.2, 0.25) is 0 Å². The van der Waals surface area contributed by atoms with Gasteiger partial charge in [-0.2, -0.15) is 0 Å². The zero-order valence-electron chi connectivity index (χ0n) is 18.4. The van der Waals surface area contributed by atoms with E-state index in [1.807, 2.05) is 12.1 Å². The fraction of sp³-hybridized carbons (Fsp3) is 0.556. The number of hydrogen-bond donors (Lipinski definition) is 1. The highest BCUT2D eigenvalue weighted by molar-refractivity contribution is 5.46. The van der Waals surface area contributed by atoms with Crippen molar-refractivity contribution in [1.82, 2.24) is 5.32 Å². The molecule has 160 valence electrons. The van der Waals surface area contributed by atoms with E-state index in [0.29, 0.717) is 18.1 Å². The summed E-state index contributed by atoms with van der Waals surface area (Å²) in [4.78, 5) is 0. The van der Waals surface area contributed by atoms with Crippen LogP contribution in [0.25, 0.3) is 0 Å². The van der Waals surface area contributed by atoms with Gasteiger partial charge in [-0.15, -0.1) is 0 Å². The van der Waals surface area contributed by atoms with Gasteiger partial charge in [0.1, 0.15) is 6.61 Å². The minimum Gasteiger partial charge on any atom is -0.493 e. The second kappa shape index (κ2) is 8.26. The molecule has 2 aromatic rings. The Morgan fingerprint density at radius 1 is 0.933 bits per heavy atom. The monoisotopic (exact) mass is 405 g/mol. The summed E-state index contributed by atoms with van der Waals surface area (Å²) in [5.41, 5.74) is 2.87. The van der Waals surface area contributed by atoms with Crippen molar-refractivity contribution in [1.29, 1.82) is 0 Å². The van der Waals surface area contributed by atoms with E-state index in [-0.39, 0.29) is 0 Å². The average molecular weight is 406 g/mol. The molecular formula is C27H35NO2. The molecule has 4 bridgehead atoms. The predicted molar refractivity (Wildman–Crippen MR) is 121 cm³/mol. The van der Waals surface area contributed by atoms with E-state index in [2.05, 4.69) is 48.6 Å². The van der Waals surface area contributed by atoms with Gasteiger partial charge in [-0.05, 0) is 80.2 Å². The van der Waals surface area contributed by atoms with Crippen LogP contribution in [-0.4, -0.2) is 13.2 Å². The largest absolute Gasteiger partial charge is 0.493 e. The van der Waals surface area contributed by atoms with Crippen molar-refractivity contribution < 1.29 is 9.47 Å². The lowest BCUT2D eigenvalue weighted by Crippen LogP contribution is -2.54. The van der Waals surface area contributed by atoms with E-state index >= 15 is 0 Å². The van der Waals surface area contributed by atoms with Crippen LogP contribution in [0, 0.1) is 23.2 Å². The zero-order chi connectivity index (χ0) is 20.6. The minimum absolute atomic E-state index is 0.513. The predicted octanol–water partition coefficient (Wildman–Crippen LogP) is 5.97. The van der Waals surface area contributed by atoms with Gasteiger partial charge in [-0.25, -0.2) is 0 Å². The smallest absolute Gasteiger partial charge is 0.166 e. The Balaban J connectivity index is 1.29. The highest BCUT2D eigenvalue weighted by Crippen LogP contribution is 2.61. The molecule has 4 aliphatic rings. The van der Waals surface area contributed by atoms with Gasteiger partial charge in [0.25, 0.3) is 0 Å². The SMILES string of the molecule is COc1cccc(CN[C@H](C)C23CC4CC(CC(C4)C2)C3)c1OCc1ccccc1. The van der Waals surface area contributed by atoms with E-state index in [9.17, 15) is 0 Å². The van der Waals surface area contributed by atoms with E-state index in [1.54, 1.807) is 7.11 Å². The summed E-state index contributed by atoms with van der Waals surface area (Å²) in [5.74, 6) is 4.65. The summed E-state index contributed by atoms with van der Waals surface area (Å²) in [6.45, 7) is 3.81. The number of nitrogens with one attached hydrogen (secondary N) is 1. The van der Waals surface area contributed by atoms with E-state index < -0.39 is 0 Å². The van der Waals surface area contributed by atoms with Crippen LogP contribution < -0.4 is 14.8 Å². The maximum Gasteiger partial charge on any atom is 0.166 e. The fourth-order valence-corrected chi connectivity index (χ4v) is 6.94. The van der Waals surface area contributed by atoms with Crippen molar-refractivity contribution >= 4 is 0 Å². The molecule has 0 radical (unpaired) electrons. The van der Waals surface area contributed by atoms with Gasteiger partial charge in [-0.1, -0.05) is 42.5 Å². The molecule has 1 atom stereocenters. The van der Waals surface area contributed by atoms with Crippen molar-refractivity contribution in [2.45, 2.75) is 64.6 Å².